The van der Waals surface area contributed by atoms with E-state index in [9.17, 15) is 0 Å². The van der Waals surface area contributed by atoms with Gasteiger partial charge in [0.2, 0.25) is 0 Å². The number of methoxy groups -OCH3 is 1. The molecule has 0 aliphatic rings. The summed E-state index contributed by atoms with van der Waals surface area (Å²) >= 11 is 2.33. The van der Waals surface area contributed by atoms with E-state index in [4.69, 9.17) is 14.2 Å². The first kappa shape index (κ1) is 19.3. The third kappa shape index (κ3) is 6.14. The molecular weight excluding hydrogens is 393 g/mol. The van der Waals surface area contributed by atoms with Crippen molar-refractivity contribution in [1.29, 1.82) is 0 Å². The van der Waals surface area contributed by atoms with Crippen molar-refractivity contribution in [1.82, 2.24) is 5.32 Å². The van der Waals surface area contributed by atoms with Crippen LogP contribution in [0.25, 0.3) is 0 Å². The van der Waals surface area contributed by atoms with Crippen LogP contribution in [0.4, 0.5) is 0 Å². The van der Waals surface area contributed by atoms with Gasteiger partial charge in [-0.25, -0.2) is 0 Å². The van der Waals surface area contributed by atoms with Crippen LogP contribution >= 0.6 is 22.6 Å². The highest BCUT2D eigenvalue weighted by atomic mass is 127. The lowest BCUT2D eigenvalue weighted by Gasteiger charge is -2.29. The van der Waals surface area contributed by atoms with Crippen molar-refractivity contribution in [3.63, 3.8) is 0 Å². The van der Waals surface area contributed by atoms with Crippen LogP contribution in [-0.2, 0) is 14.2 Å². The molecule has 0 aliphatic heterocycles. The van der Waals surface area contributed by atoms with Gasteiger partial charge in [0.05, 0.1) is 0 Å². The van der Waals surface area contributed by atoms with Gasteiger partial charge in [-0.3, -0.25) is 0 Å². The van der Waals surface area contributed by atoms with Crippen molar-refractivity contribution >= 4 is 22.6 Å². The van der Waals surface area contributed by atoms with Crippen molar-refractivity contribution < 1.29 is 14.2 Å². The molecule has 0 unspecified atom stereocenters. The van der Waals surface area contributed by atoms with Gasteiger partial charge in [-0.15, -0.1) is 0 Å². The Morgan fingerprint density at radius 3 is 2.68 bits per heavy atom. The minimum absolute atomic E-state index is 0.106. The Labute approximate surface area is 147 Å². The summed E-state index contributed by atoms with van der Waals surface area (Å²) in [5, 5.41) is 2.94. The molecule has 22 heavy (non-hydrogen) atoms. The summed E-state index contributed by atoms with van der Waals surface area (Å²) in [6, 6.07) is 8.19. The van der Waals surface area contributed by atoms with Crippen molar-refractivity contribution in [2.75, 3.05) is 21.0 Å². The average molecular weight is 419 g/mol. The molecule has 2 atom stereocenters. The molecule has 0 heterocycles. The largest absolute Gasteiger partial charge is 0.473 e. The molecule has 1 aromatic carbocycles. The SMILES string of the molecule is C=C(NC)O[C@@H](CCCC)[C@@H](OCOC)c1ccccc1I. The first-order valence-electron chi connectivity index (χ1n) is 7.52. The lowest BCUT2D eigenvalue weighted by atomic mass is 10.00. The van der Waals surface area contributed by atoms with Gasteiger partial charge < -0.3 is 19.5 Å². The number of rotatable bonds is 11. The number of benzene rings is 1. The molecule has 4 nitrogen and oxygen atoms in total. The zero-order valence-electron chi connectivity index (χ0n) is 13.6. The topological polar surface area (TPSA) is 39.7 Å². The predicted molar refractivity (Wildman–Crippen MR) is 97.5 cm³/mol. The van der Waals surface area contributed by atoms with Crippen LogP contribution in [0.3, 0.4) is 0 Å². The lowest BCUT2D eigenvalue weighted by Crippen LogP contribution is -2.28. The van der Waals surface area contributed by atoms with Gasteiger partial charge in [-0.1, -0.05) is 31.5 Å². The van der Waals surface area contributed by atoms with E-state index in [1.165, 1.54) is 0 Å². The Bertz CT molecular complexity index is 453. The zero-order valence-corrected chi connectivity index (χ0v) is 15.8. The third-order valence-corrected chi connectivity index (χ3v) is 4.31. The van der Waals surface area contributed by atoms with E-state index in [-0.39, 0.29) is 19.0 Å². The van der Waals surface area contributed by atoms with Gasteiger partial charge >= 0.3 is 0 Å². The van der Waals surface area contributed by atoms with Crippen LogP contribution in [0.2, 0.25) is 0 Å². The van der Waals surface area contributed by atoms with Crippen LogP contribution in [0.1, 0.15) is 37.9 Å². The average Bonchev–Trinajstić information content (AvgIpc) is 2.53. The van der Waals surface area contributed by atoms with E-state index in [0.29, 0.717) is 5.88 Å². The number of nitrogens with one attached hydrogen (secondary N) is 1. The summed E-state index contributed by atoms with van der Waals surface area (Å²) in [6.45, 7) is 6.28. The molecule has 0 radical (unpaired) electrons. The molecular formula is C17H26INO3. The van der Waals surface area contributed by atoms with E-state index in [0.717, 1.165) is 28.4 Å². The predicted octanol–water partition coefficient (Wildman–Crippen LogP) is 4.22. The molecule has 0 saturated carbocycles. The molecule has 1 aromatic rings. The molecule has 0 fully saturated rings. The molecule has 0 aromatic heterocycles. The van der Waals surface area contributed by atoms with Gasteiger partial charge in [0.1, 0.15) is 19.0 Å². The first-order valence-corrected chi connectivity index (χ1v) is 8.60. The second kappa shape index (κ2) is 10.9. The summed E-state index contributed by atoms with van der Waals surface area (Å²) in [6.07, 6.45) is 2.78. The number of unbranched alkanes of at least 4 members (excludes halogenated alkanes) is 1. The summed E-state index contributed by atoms with van der Waals surface area (Å²) < 4.78 is 18.2. The quantitative estimate of drug-likeness (QED) is 0.331. The Hall–Kier alpha value is -0.790. The molecule has 0 bridgehead atoms. The summed E-state index contributed by atoms with van der Waals surface area (Å²) in [7, 11) is 3.43. The highest BCUT2D eigenvalue weighted by Gasteiger charge is 2.27. The van der Waals surface area contributed by atoms with Crippen molar-refractivity contribution in [3.8, 4) is 0 Å². The summed E-state index contributed by atoms with van der Waals surface area (Å²) in [4.78, 5) is 0. The van der Waals surface area contributed by atoms with Crippen LogP contribution in [0, 0.1) is 3.57 Å². The van der Waals surface area contributed by atoms with E-state index in [1.54, 1.807) is 14.2 Å². The van der Waals surface area contributed by atoms with Gasteiger partial charge in [-0.05, 0) is 53.6 Å². The molecule has 0 spiro atoms. The lowest BCUT2D eigenvalue weighted by molar-refractivity contribution is -0.124. The smallest absolute Gasteiger partial charge is 0.179 e. The maximum atomic E-state index is 5.98. The van der Waals surface area contributed by atoms with Crippen LogP contribution in [0.5, 0.6) is 0 Å². The highest BCUT2D eigenvalue weighted by Crippen LogP contribution is 2.31. The summed E-state index contributed by atoms with van der Waals surface area (Å²) in [5.74, 6) is 0.554. The molecule has 0 amide bonds. The third-order valence-electron chi connectivity index (χ3n) is 3.33. The molecule has 124 valence electrons. The van der Waals surface area contributed by atoms with Gasteiger partial charge in [0.15, 0.2) is 5.88 Å². The van der Waals surface area contributed by atoms with Gasteiger partial charge in [0.25, 0.3) is 0 Å². The fraction of sp³-hybridized carbons (Fsp3) is 0.529. The second-order valence-corrected chi connectivity index (χ2v) is 6.15. The molecule has 5 heteroatoms. The van der Waals surface area contributed by atoms with E-state index < -0.39 is 0 Å². The van der Waals surface area contributed by atoms with Crippen molar-refractivity contribution in [2.45, 2.75) is 38.4 Å². The Morgan fingerprint density at radius 2 is 2.09 bits per heavy atom. The van der Waals surface area contributed by atoms with Crippen LogP contribution < -0.4 is 5.32 Å². The normalized spacial score (nSPS) is 13.5. The fourth-order valence-electron chi connectivity index (χ4n) is 2.16. The number of ether oxygens (including phenoxy) is 3. The monoisotopic (exact) mass is 419 g/mol. The Kier molecular flexibility index (Phi) is 9.50. The second-order valence-electron chi connectivity index (χ2n) is 4.99. The minimum Gasteiger partial charge on any atom is -0.473 e. The van der Waals surface area contributed by atoms with E-state index in [2.05, 4.69) is 53.5 Å². The van der Waals surface area contributed by atoms with Gasteiger partial charge in [0, 0.05) is 17.7 Å². The van der Waals surface area contributed by atoms with E-state index in [1.807, 2.05) is 12.1 Å². The fourth-order valence-corrected chi connectivity index (χ4v) is 2.86. The minimum atomic E-state index is -0.190. The maximum Gasteiger partial charge on any atom is 0.179 e. The number of hydrogen-bond donors (Lipinski definition) is 1. The first-order chi connectivity index (χ1) is 10.6. The van der Waals surface area contributed by atoms with E-state index >= 15 is 0 Å². The van der Waals surface area contributed by atoms with Crippen molar-refractivity contribution in [2.24, 2.45) is 0 Å². The standard InChI is InChI=1S/C17H26INO3/c1-5-6-11-16(22-13(2)19-3)17(21-12-20-4)14-9-7-8-10-15(14)18/h7-10,16-17,19H,2,5-6,11-12H2,1,3-4H3/t16-,17-/m0/s1. The number of hydrogen-bond acceptors (Lipinski definition) is 4. The zero-order chi connectivity index (χ0) is 16.4. The molecule has 1 rings (SSSR count). The maximum absolute atomic E-state index is 5.98. The Balaban J connectivity index is 3.01. The molecule has 0 aliphatic carbocycles. The summed E-state index contributed by atoms with van der Waals surface area (Å²) in [5.41, 5.74) is 1.12. The Morgan fingerprint density at radius 1 is 1.36 bits per heavy atom. The number of halogens is 1. The van der Waals surface area contributed by atoms with Crippen LogP contribution in [-0.4, -0.2) is 27.1 Å². The van der Waals surface area contributed by atoms with Gasteiger partial charge in [-0.2, -0.15) is 0 Å². The van der Waals surface area contributed by atoms with Crippen LogP contribution in [0.15, 0.2) is 36.7 Å². The molecule has 1 N–H and O–H groups in total. The van der Waals surface area contributed by atoms with Crippen molar-refractivity contribution in [3.05, 3.63) is 45.9 Å². The molecule has 0 saturated heterocycles. The highest BCUT2D eigenvalue weighted by molar-refractivity contribution is 14.1.